The molecule has 1 aliphatic carbocycles. The third kappa shape index (κ3) is 1.95. The van der Waals surface area contributed by atoms with Crippen molar-refractivity contribution in [3.05, 3.63) is 58.7 Å². The van der Waals surface area contributed by atoms with Gasteiger partial charge in [0.2, 0.25) is 0 Å². The van der Waals surface area contributed by atoms with Crippen LogP contribution in [-0.4, -0.2) is 16.2 Å². The summed E-state index contributed by atoms with van der Waals surface area (Å²) < 4.78 is 0. The summed E-state index contributed by atoms with van der Waals surface area (Å²) in [6.45, 7) is 0. The van der Waals surface area contributed by atoms with Crippen LogP contribution in [0.2, 0.25) is 5.02 Å². The van der Waals surface area contributed by atoms with Crippen LogP contribution in [0.15, 0.2) is 42.6 Å². The van der Waals surface area contributed by atoms with Gasteiger partial charge in [0.15, 0.2) is 0 Å². The van der Waals surface area contributed by atoms with Gasteiger partial charge < -0.3 is 5.32 Å². The molecule has 2 aromatic carbocycles. The fourth-order valence-corrected chi connectivity index (χ4v) is 3.19. The number of halogens is 1. The normalized spacial score (nSPS) is 17.4. The first-order chi connectivity index (χ1) is 9.79. The average Bonchev–Trinajstić information content (AvgIpc) is 3.04. The van der Waals surface area contributed by atoms with Gasteiger partial charge in [0.05, 0.1) is 17.4 Å². The highest BCUT2D eigenvalue weighted by Crippen LogP contribution is 2.29. The van der Waals surface area contributed by atoms with Crippen molar-refractivity contribution in [2.24, 2.45) is 0 Å². The largest absolute Gasteiger partial charge is 0.380 e. The number of hydrogen-bond acceptors (Lipinski definition) is 2. The lowest BCUT2D eigenvalue weighted by atomic mass is 10.1. The summed E-state index contributed by atoms with van der Waals surface area (Å²) in [7, 11) is 0. The van der Waals surface area contributed by atoms with Crippen molar-refractivity contribution >= 4 is 28.2 Å². The molecule has 3 nitrogen and oxygen atoms in total. The highest BCUT2D eigenvalue weighted by atomic mass is 35.5. The Bertz CT molecular complexity index is 778. The van der Waals surface area contributed by atoms with E-state index in [1.807, 2.05) is 12.3 Å². The van der Waals surface area contributed by atoms with E-state index in [4.69, 9.17) is 11.6 Å². The third-order valence-electron chi connectivity index (χ3n) is 3.94. The predicted molar refractivity (Wildman–Crippen MR) is 82.4 cm³/mol. The lowest BCUT2D eigenvalue weighted by Gasteiger charge is -2.14. The quantitative estimate of drug-likeness (QED) is 0.751. The maximum absolute atomic E-state index is 6.06. The maximum atomic E-state index is 6.06. The lowest BCUT2D eigenvalue weighted by molar-refractivity contribution is 0.775. The molecule has 0 bridgehead atoms. The summed E-state index contributed by atoms with van der Waals surface area (Å²) in [4.78, 5) is 0. The molecule has 1 heterocycles. The van der Waals surface area contributed by atoms with Crippen LogP contribution in [0.3, 0.4) is 0 Å². The maximum Gasteiger partial charge on any atom is 0.0881 e. The molecule has 2 N–H and O–H groups in total. The van der Waals surface area contributed by atoms with Gasteiger partial charge in [0, 0.05) is 16.5 Å². The van der Waals surface area contributed by atoms with Crippen LogP contribution in [0.25, 0.3) is 10.9 Å². The van der Waals surface area contributed by atoms with Crippen molar-refractivity contribution in [2.75, 3.05) is 5.32 Å². The van der Waals surface area contributed by atoms with Gasteiger partial charge in [-0.1, -0.05) is 29.8 Å². The second-order valence-corrected chi connectivity index (χ2v) is 5.74. The molecule has 0 amide bonds. The molecule has 1 aromatic heterocycles. The first-order valence-corrected chi connectivity index (χ1v) is 7.13. The number of rotatable bonds is 2. The lowest BCUT2D eigenvalue weighted by Crippen LogP contribution is -2.19. The summed E-state index contributed by atoms with van der Waals surface area (Å²) in [5.74, 6) is 0. The van der Waals surface area contributed by atoms with E-state index in [0.717, 1.165) is 34.5 Å². The molecule has 1 aliphatic rings. The molecule has 0 saturated heterocycles. The molecular weight excluding hydrogens is 270 g/mol. The van der Waals surface area contributed by atoms with E-state index in [0.29, 0.717) is 6.04 Å². The molecule has 4 heteroatoms. The number of para-hydroxylation sites is 1. The van der Waals surface area contributed by atoms with Crippen molar-refractivity contribution in [1.29, 1.82) is 0 Å². The highest BCUT2D eigenvalue weighted by molar-refractivity contribution is 6.30. The number of nitrogens with one attached hydrogen (secondary N) is 2. The van der Waals surface area contributed by atoms with Crippen molar-refractivity contribution in [2.45, 2.75) is 18.9 Å². The number of H-pyrrole nitrogens is 1. The number of hydrogen-bond donors (Lipinski definition) is 2. The zero-order valence-electron chi connectivity index (χ0n) is 10.9. The van der Waals surface area contributed by atoms with E-state index in [-0.39, 0.29) is 0 Å². The Kier molecular flexibility index (Phi) is 2.67. The minimum absolute atomic E-state index is 0.414. The molecule has 0 aliphatic heterocycles. The minimum Gasteiger partial charge on any atom is -0.380 e. The molecule has 100 valence electrons. The molecule has 0 spiro atoms. The monoisotopic (exact) mass is 283 g/mol. The van der Waals surface area contributed by atoms with E-state index in [1.54, 1.807) is 0 Å². The van der Waals surface area contributed by atoms with Gasteiger partial charge in [-0.3, -0.25) is 5.10 Å². The smallest absolute Gasteiger partial charge is 0.0881 e. The van der Waals surface area contributed by atoms with E-state index in [2.05, 4.69) is 45.8 Å². The van der Waals surface area contributed by atoms with Crippen molar-refractivity contribution < 1.29 is 0 Å². The van der Waals surface area contributed by atoms with Gasteiger partial charge in [-0.05, 0) is 42.2 Å². The predicted octanol–water partition coefficient (Wildman–Crippen LogP) is 3.80. The highest BCUT2D eigenvalue weighted by Gasteiger charge is 2.22. The standard InChI is InChI=1S/C16H14ClN3/c17-13-5-4-10-7-14(8-12(10)6-13)19-15-3-1-2-11-9-18-20-16(11)15/h1-6,9,14,19H,7-8H2,(H,18,20). The van der Waals surface area contributed by atoms with Gasteiger partial charge in [0.25, 0.3) is 0 Å². The van der Waals surface area contributed by atoms with E-state index in [1.165, 1.54) is 11.1 Å². The second-order valence-electron chi connectivity index (χ2n) is 5.30. The molecule has 1 unspecified atom stereocenters. The summed E-state index contributed by atoms with van der Waals surface area (Å²) >= 11 is 6.06. The van der Waals surface area contributed by atoms with Crippen LogP contribution in [0.5, 0.6) is 0 Å². The minimum atomic E-state index is 0.414. The first-order valence-electron chi connectivity index (χ1n) is 6.75. The van der Waals surface area contributed by atoms with Crippen LogP contribution in [0.4, 0.5) is 5.69 Å². The van der Waals surface area contributed by atoms with Gasteiger partial charge in [-0.25, -0.2) is 0 Å². The second kappa shape index (κ2) is 4.53. The van der Waals surface area contributed by atoms with Gasteiger partial charge in [0.1, 0.15) is 0 Å². The SMILES string of the molecule is Clc1ccc2c(c1)CC(Nc1cccc3cn[nH]c13)C2. The number of anilines is 1. The topological polar surface area (TPSA) is 40.7 Å². The first kappa shape index (κ1) is 11.8. The molecule has 0 saturated carbocycles. The summed E-state index contributed by atoms with van der Waals surface area (Å²) in [5, 5.41) is 12.7. The van der Waals surface area contributed by atoms with Crippen molar-refractivity contribution in [1.82, 2.24) is 10.2 Å². The number of aromatic nitrogens is 2. The third-order valence-corrected chi connectivity index (χ3v) is 4.17. The van der Waals surface area contributed by atoms with Gasteiger partial charge >= 0.3 is 0 Å². The van der Waals surface area contributed by atoms with Gasteiger partial charge in [-0.15, -0.1) is 0 Å². The van der Waals surface area contributed by atoms with Crippen LogP contribution < -0.4 is 5.32 Å². The number of benzene rings is 2. The van der Waals surface area contributed by atoms with Crippen molar-refractivity contribution in [3.8, 4) is 0 Å². The Hall–Kier alpha value is -2.00. The van der Waals surface area contributed by atoms with E-state index in [9.17, 15) is 0 Å². The fourth-order valence-electron chi connectivity index (χ4n) is 3.00. The summed E-state index contributed by atoms with van der Waals surface area (Å²) in [6, 6.07) is 12.8. The average molecular weight is 284 g/mol. The number of fused-ring (bicyclic) bond motifs is 2. The Labute approximate surface area is 122 Å². The number of nitrogens with zero attached hydrogens (tertiary/aromatic N) is 1. The molecule has 0 radical (unpaired) electrons. The molecule has 4 rings (SSSR count). The summed E-state index contributed by atoms with van der Waals surface area (Å²) in [6.07, 6.45) is 3.90. The van der Waals surface area contributed by atoms with E-state index < -0.39 is 0 Å². The Morgan fingerprint density at radius 2 is 2.05 bits per heavy atom. The molecular formula is C16H14ClN3. The van der Waals surface area contributed by atoms with Gasteiger partial charge in [-0.2, -0.15) is 5.10 Å². The van der Waals surface area contributed by atoms with Crippen LogP contribution in [0, 0.1) is 0 Å². The van der Waals surface area contributed by atoms with E-state index >= 15 is 0 Å². The van der Waals surface area contributed by atoms with Crippen LogP contribution >= 0.6 is 11.6 Å². The van der Waals surface area contributed by atoms with Crippen LogP contribution in [-0.2, 0) is 12.8 Å². The van der Waals surface area contributed by atoms with Crippen molar-refractivity contribution in [3.63, 3.8) is 0 Å². The van der Waals surface area contributed by atoms with Crippen LogP contribution in [0.1, 0.15) is 11.1 Å². The molecule has 20 heavy (non-hydrogen) atoms. The molecule has 3 aromatic rings. The Balaban J connectivity index is 1.61. The number of aromatic amines is 1. The Morgan fingerprint density at radius 3 is 3.00 bits per heavy atom. The zero-order valence-corrected chi connectivity index (χ0v) is 11.6. The zero-order chi connectivity index (χ0) is 13.5. The molecule has 1 atom stereocenters. The fraction of sp³-hybridized carbons (Fsp3) is 0.188. The Morgan fingerprint density at radius 1 is 1.15 bits per heavy atom. The summed E-state index contributed by atoms with van der Waals surface area (Å²) in [5.41, 5.74) is 4.93. The molecule has 0 fully saturated rings.